The van der Waals surface area contributed by atoms with Crippen molar-refractivity contribution in [1.29, 1.82) is 0 Å². The maximum atomic E-state index is 12.9. The van der Waals surface area contributed by atoms with Crippen molar-refractivity contribution < 1.29 is 13.9 Å². The molecule has 110 valence electrons. The molecule has 6 heteroatoms. The second-order valence-electron chi connectivity index (χ2n) is 4.39. The predicted molar refractivity (Wildman–Crippen MR) is 75.2 cm³/mol. The Labute approximate surface area is 122 Å². The van der Waals surface area contributed by atoms with E-state index in [-0.39, 0.29) is 0 Å². The van der Waals surface area contributed by atoms with E-state index in [4.69, 9.17) is 4.74 Å². The first kappa shape index (κ1) is 15.0. The number of esters is 1. The van der Waals surface area contributed by atoms with E-state index in [9.17, 15) is 9.18 Å². The molecule has 2 aromatic rings. The van der Waals surface area contributed by atoms with E-state index >= 15 is 0 Å². The molecular formula is C15H16FN3O2. The largest absolute Gasteiger partial charge is 0.462 e. The molecule has 21 heavy (non-hydrogen) atoms. The smallest absolute Gasteiger partial charge is 0.341 e. The summed E-state index contributed by atoms with van der Waals surface area (Å²) in [5.41, 5.74) is 1.45. The van der Waals surface area contributed by atoms with Gasteiger partial charge in [-0.25, -0.2) is 24.1 Å². The van der Waals surface area contributed by atoms with Gasteiger partial charge in [0.05, 0.1) is 24.1 Å². The number of carbonyl (C=O) groups is 1. The third kappa shape index (κ3) is 3.59. The maximum absolute atomic E-state index is 12.9. The van der Waals surface area contributed by atoms with Crippen molar-refractivity contribution in [3.63, 3.8) is 0 Å². The Balaban J connectivity index is 2.39. The molecule has 0 unspecified atom stereocenters. The molecule has 2 heterocycles. The van der Waals surface area contributed by atoms with Crippen molar-refractivity contribution in [2.24, 2.45) is 0 Å². The predicted octanol–water partition coefficient (Wildman–Crippen LogP) is 2.81. The van der Waals surface area contributed by atoms with Crippen LogP contribution in [-0.4, -0.2) is 27.5 Å². The van der Waals surface area contributed by atoms with Gasteiger partial charge in [-0.3, -0.25) is 0 Å². The molecule has 0 aliphatic heterocycles. The molecule has 0 N–H and O–H groups in total. The van der Waals surface area contributed by atoms with Crippen LogP contribution in [0.15, 0.2) is 24.5 Å². The standard InChI is InChI=1S/C15H16FN3O2/c1-3-5-12-11(15(20)21-4-2)9-18-14(19-12)13-7-6-10(16)8-17-13/h6-9H,3-5H2,1-2H3. The third-order valence-corrected chi connectivity index (χ3v) is 2.81. The average Bonchev–Trinajstić information content (AvgIpc) is 2.48. The van der Waals surface area contributed by atoms with E-state index in [1.165, 1.54) is 18.3 Å². The lowest BCUT2D eigenvalue weighted by Gasteiger charge is -2.08. The van der Waals surface area contributed by atoms with Crippen LogP contribution >= 0.6 is 0 Å². The fourth-order valence-corrected chi connectivity index (χ4v) is 1.86. The molecule has 0 amide bonds. The molecule has 2 rings (SSSR count). The van der Waals surface area contributed by atoms with Crippen LogP contribution in [0.3, 0.4) is 0 Å². The summed E-state index contributed by atoms with van der Waals surface area (Å²) in [5, 5.41) is 0. The molecule has 0 atom stereocenters. The van der Waals surface area contributed by atoms with Crippen molar-refractivity contribution in [3.05, 3.63) is 41.6 Å². The Morgan fingerprint density at radius 3 is 2.67 bits per heavy atom. The summed E-state index contributed by atoms with van der Waals surface area (Å²) in [4.78, 5) is 24.3. The average molecular weight is 289 g/mol. The van der Waals surface area contributed by atoms with Crippen molar-refractivity contribution >= 4 is 5.97 Å². The highest BCUT2D eigenvalue weighted by Crippen LogP contribution is 2.16. The van der Waals surface area contributed by atoms with Crippen LogP contribution in [0.2, 0.25) is 0 Å². The number of ether oxygens (including phenoxy) is 1. The van der Waals surface area contributed by atoms with Gasteiger partial charge in [-0.1, -0.05) is 13.3 Å². The van der Waals surface area contributed by atoms with Gasteiger partial charge in [0.2, 0.25) is 0 Å². The van der Waals surface area contributed by atoms with Crippen LogP contribution < -0.4 is 0 Å². The zero-order valence-corrected chi connectivity index (χ0v) is 12.0. The van der Waals surface area contributed by atoms with Gasteiger partial charge in [-0.2, -0.15) is 0 Å². The highest BCUT2D eigenvalue weighted by atomic mass is 19.1. The van der Waals surface area contributed by atoms with Crippen LogP contribution in [0.25, 0.3) is 11.5 Å². The normalized spacial score (nSPS) is 10.4. The van der Waals surface area contributed by atoms with Crippen LogP contribution in [0.4, 0.5) is 4.39 Å². The second-order valence-corrected chi connectivity index (χ2v) is 4.39. The topological polar surface area (TPSA) is 65.0 Å². The Morgan fingerprint density at radius 2 is 2.05 bits per heavy atom. The first-order valence-electron chi connectivity index (χ1n) is 6.80. The molecule has 2 aromatic heterocycles. The Kier molecular flexibility index (Phi) is 4.92. The number of pyridine rings is 1. The van der Waals surface area contributed by atoms with Crippen LogP contribution in [0, 0.1) is 5.82 Å². The lowest BCUT2D eigenvalue weighted by atomic mass is 10.1. The number of aryl methyl sites for hydroxylation is 1. The summed E-state index contributed by atoms with van der Waals surface area (Å²) in [6.07, 6.45) is 4.01. The summed E-state index contributed by atoms with van der Waals surface area (Å²) in [6.45, 7) is 4.04. The minimum Gasteiger partial charge on any atom is -0.462 e. The second kappa shape index (κ2) is 6.88. The third-order valence-electron chi connectivity index (χ3n) is 2.81. The Hall–Kier alpha value is -2.37. The summed E-state index contributed by atoms with van der Waals surface area (Å²) in [5.74, 6) is -0.485. The molecule has 0 saturated carbocycles. The molecule has 0 aliphatic carbocycles. The number of nitrogens with zero attached hydrogens (tertiary/aromatic N) is 3. The number of carbonyl (C=O) groups excluding carboxylic acids is 1. The van der Waals surface area contributed by atoms with Gasteiger partial charge >= 0.3 is 5.97 Å². The van der Waals surface area contributed by atoms with E-state index in [1.54, 1.807) is 6.92 Å². The molecule has 0 bridgehead atoms. The minimum absolute atomic E-state index is 0.297. The number of hydrogen-bond acceptors (Lipinski definition) is 5. The van der Waals surface area contributed by atoms with Crippen LogP contribution in [-0.2, 0) is 11.2 Å². The number of halogens is 1. The number of aromatic nitrogens is 3. The molecule has 0 aliphatic rings. The summed E-state index contributed by atoms with van der Waals surface area (Å²) in [6, 6.07) is 2.80. The molecule has 0 aromatic carbocycles. The lowest BCUT2D eigenvalue weighted by molar-refractivity contribution is 0.0524. The molecule has 5 nitrogen and oxygen atoms in total. The van der Waals surface area contributed by atoms with Crippen LogP contribution in [0.1, 0.15) is 36.3 Å². The van der Waals surface area contributed by atoms with Gasteiger partial charge in [-0.15, -0.1) is 0 Å². The highest BCUT2D eigenvalue weighted by molar-refractivity contribution is 5.90. The van der Waals surface area contributed by atoms with Gasteiger partial charge in [0.15, 0.2) is 5.82 Å². The van der Waals surface area contributed by atoms with E-state index < -0.39 is 11.8 Å². The van der Waals surface area contributed by atoms with Crippen molar-refractivity contribution in [2.45, 2.75) is 26.7 Å². The molecule has 0 saturated heterocycles. The maximum Gasteiger partial charge on any atom is 0.341 e. The summed E-state index contributed by atoms with van der Waals surface area (Å²) in [7, 11) is 0. The van der Waals surface area contributed by atoms with E-state index in [2.05, 4.69) is 15.0 Å². The summed E-state index contributed by atoms with van der Waals surface area (Å²) >= 11 is 0. The van der Waals surface area contributed by atoms with Crippen molar-refractivity contribution in [3.8, 4) is 11.5 Å². The van der Waals surface area contributed by atoms with Crippen LogP contribution in [0.5, 0.6) is 0 Å². The Bertz CT molecular complexity index is 629. The monoisotopic (exact) mass is 289 g/mol. The van der Waals surface area contributed by atoms with E-state index in [0.29, 0.717) is 35.8 Å². The van der Waals surface area contributed by atoms with E-state index in [1.807, 2.05) is 6.92 Å². The van der Waals surface area contributed by atoms with Gasteiger partial charge in [0.1, 0.15) is 11.5 Å². The zero-order valence-electron chi connectivity index (χ0n) is 12.0. The van der Waals surface area contributed by atoms with Crippen molar-refractivity contribution in [1.82, 2.24) is 15.0 Å². The van der Waals surface area contributed by atoms with Gasteiger partial charge in [0, 0.05) is 6.20 Å². The first-order chi connectivity index (χ1) is 10.2. The molecule has 0 fully saturated rings. The lowest BCUT2D eigenvalue weighted by Crippen LogP contribution is -2.11. The van der Waals surface area contributed by atoms with Crippen molar-refractivity contribution in [2.75, 3.05) is 6.61 Å². The van der Waals surface area contributed by atoms with Gasteiger partial charge in [0.25, 0.3) is 0 Å². The van der Waals surface area contributed by atoms with Gasteiger partial charge < -0.3 is 4.74 Å². The molecule has 0 spiro atoms. The molecular weight excluding hydrogens is 273 g/mol. The van der Waals surface area contributed by atoms with Gasteiger partial charge in [-0.05, 0) is 25.5 Å². The quantitative estimate of drug-likeness (QED) is 0.792. The zero-order chi connectivity index (χ0) is 15.2. The fraction of sp³-hybridized carbons (Fsp3) is 0.333. The molecule has 0 radical (unpaired) electrons. The number of hydrogen-bond donors (Lipinski definition) is 0. The SMILES string of the molecule is CCCc1nc(-c2ccc(F)cn2)ncc1C(=O)OCC. The number of rotatable bonds is 5. The minimum atomic E-state index is -0.431. The fourth-order valence-electron chi connectivity index (χ4n) is 1.86. The summed E-state index contributed by atoms with van der Waals surface area (Å²) < 4.78 is 17.9. The highest BCUT2D eigenvalue weighted by Gasteiger charge is 2.16. The Morgan fingerprint density at radius 1 is 1.24 bits per heavy atom. The first-order valence-corrected chi connectivity index (χ1v) is 6.80. The van der Waals surface area contributed by atoms with E-state index in [0.717, 1.165) is 12.6 Å².